The molecule has 1 fully saturated rings. The van der Waals surface area contributed by atoms with Gasteiger partial charge in [-0.2, -0.15) is 0 Å². The summed E-state index contributed by atoms with van der Waals surface area (Å²) in [5, 5.41) is 0. The van der Waals surface area contributed by atoms with Crippen LogP contribution in [0, 0.1) is 5.82 Å². The number of nitrogens with zero attached hydrogens (tertiary/aromatic N) is 3. The molecule has 0 N–H and O–H groups in total. The van der Waals surface area contributed by atoms with Crippen molar-refractivity contribution in [2.75, 3.05) is 33.2 Å². The Bertz CT molecular complexity index is 364. The van der Waals surface area contributed by atoms with Crippen LogP contribution >= 0.6 is 15.9 Å². The second-order valence-corrected chi connectivity index (χ2v) is 5.08. The molecule has 1 saturated heterocycles. The molecule has 0 aliphatic carbocycles. The van der Waals surface area contributed by atoms with Crippen LogP contribution in [0.25, 0.3) is 0 Å². The van der Waals surface area contributed by atoms with Crippen molar-refractivity contribution in [3.05, 3.63) is 28.2 Å². The predicted molar refractivity (Wildman–Crippen MR) is 64.7 cm³/mol. The summed E-state index contributed by atoms with van der Waals surface area (Å²) in [6.07, 6.45) is 1.65. The van der Waals surface area contributed by atoms with Gasteiger partial charge in [0.15, 0.2) is 0 Å². The summed E-state index contributed by atoms with van der Waals surface area (Å²) in [6, 6.07) is 1.47. The normalized spacial score (nSPS) is 18.9. The first-order chi connectivity index (χ1) is 7.65. The van der Waals surface area contributed by atoms with Crippen LogP contribution in [0.1, 0.15) is 5.69 Å². The molecule has 0 atom stereocenters. The van der Waals surface area contributed by atoms with Crippen LogP contribution in [0.5, 0.6) is 0 Å². The zero-order chi connectivity index (χ0) is 11.5. The fraction of sp³-hybridized carbons (Fsp3) is 0.545. The summed E-state index contributed by atoms with van der Waals surface area (Å²) >= 11 is 3.21. The summed E-state index contributed by atoms with van der Waals surface area (Å²) in [5.74, 6) is -0.228. The van der Waals surface area contributed by atoms with E-state index in [0.29, 0.717) is 16.7 Å². The van der Waals surface area contributed by atoms with Gasteiger partial charge in [0.1, 0.15) is 5.82 Å². The second kappa shape index (κ2) is 5.21. The lowest BCUT2D eigenvalue weighted by Crippen LogP contribution is -2.44. The highest BCUT2D eigenvalue weighted by Crippen LogP contribution is 2.14. The van der Waals surface area contributed by atoms with Crippen LogP contribution in [0.15, 0.2) is 16.7 Å². The zero-order valence-electron chi connectivity index (χ0n) is 9.29. The zero-order valence-corrected chi connectivity index (χ0v) is 10.9. The molecule has 5 heteroatoms. The average molecular weight is 288 g/mol. The van der Waals surface area contributed by atoms with Crippen molar-refractivity contribution in [2.24, 2.45) is 0 Å². The fourth-order valence-electron chi connectivity index (χ4n) is 1.78. The largest absolute Gasteiger partial charge is 0.304 e. The molecule has 1 aromatic heterocycles. The highest BCUT2D eigenvalue weighted by molar-refractivity contribution is 9.10. The first-order valence-corrected chi connectivity index (χ1v) is 6.15. The van der Waals surface area contributed by atoms with Crippen LogP contribution in [0.4, 0.5) is 4.39 Å². The van der Waals surface area contributed by atoms with Crippen molar-refractivity contribution in [3.8, 4) is 0 Å². The van der Waals surface area contributed by atoms with E-state index in [-0.39, 0.29) is 5.82 Å². The number of rotatable bonds is 2. The monoisotopic (exact) mass is 287 g/mol. The van der Waals surface area contributed by atoms with Gasteiger partial charge >= 0.3 is 0 Å². The van der Waals surface area contributed by atoms with Crippen LogP contribution in [0.2, 0.25) is 0 Å². The highest BCUT2D eigenvalue weighted by atomic mass is 79.9. The summed E-state index contributed by atoms with van der Waals surface area (Å²) in [7, 11) is 2.11. The van der Waals surface area contributed by atoms with E-state index in [1.54, 1.807) is 6.20 Å². The number of likely N-dealkylation sites (N-methyl/N-ethyl adjacent to an activating group) is 1. The lowest BCUT2D eigenvalue weighted by atomic mass is 10.2. The molecule has 0 unspecified atom stereocenters. The minimum Gasteiger partial charge on any atom is -0.304 e. The SMILES string of the molecule is CN1CCN(Cc2ncc(Br)cc2F)CC1. The van der Waals surface area contributed by atoms with E-state index < -0.39 is 0 Å². The number of hydrogen-bond donors (Lipinski definition) is 0. The van der Waals surface area contributed by atoms with Gasteiger partial charge in [0.2, 0.25) is 0 Å². The molecule has 0 amide bonds. The van der Waals surface area contributed by atoms with Gasteiger partial charge in [-0.15, -0.1) is 0 Å². The van der Waals surface area contributed by atoms with E-state index in [0.717, 1.165) is 26.2 Å². The number of hydrogen-bond acceptors (Lipinski definition) is 3. The van der Waals surface area contributed by atoms with E-state index >= 15 is 0 Å². The summed E-state index contributed by atoms with van der Waals surface area (Å²) in [5.41, 5.74) is 0.535. The van der Waals surface area contributed by atoms with E-state index in [2.05, 4.69) is 37.8 Å². The maximum absolute atomic E-state index is 13.6. The van der Waals surface area contributed by atoms with Crippen molar-refractivity contribution in [2.45, 2.75) is 6.54 Å². The minimum absolute atomic E-state index is 0.228. The van der Waals surface area contributed by atoms with Crippen LogP contribution in [-0.2, 0) is 6.54 Å². The maximum atomic E-state index is 13.6. The molecule has 1 aliphatic rings. The Balaban J connectivity index is 1.98. The molecule has 0 radical (unpaired) electrons. The van der Waals surface area contributed by atoms with Gasteiger partial charge in [-0.25, -0.2) is 4.39 Å². The second-order valence-electron chi connectivity index (χ2n) is 4.16. The Hall–Kier alpha value is -0.520. The quantitative estimate of drug-likeness (QED) is 0.826. The first kappa shape index (κ1) is 12.0. The number of aromatic nitrogens is 1. The Morgan fingerprint density at radius 2 is 2.06 bits per heavy atom. The van der Waals surface area contributed by atoms with Crippen molar-refractivity contribution < 1.29 is 4.39 Å². The summed E-state index contributed by atoms with van der Waals surface area (Å²) < 4.78 is 14.2. The lowest BCUT2D eigenvalue weighted by Gasteiger charge is -2.32. The Labute approximate surface area is 103 Å². The van der Waals surface area contributed by atoms with Crippen molar-refractivity contribution in [3.63, 3.8) is 0 Å². The average Bonchev–Trinajstić information content (AvgIpc) is 2.25. The summed E-state index contributed by atoms with van der Waals surface area (Å²) in [6.45, 7) is 4.64. The van der Waals surface area contributed by atoms with E-state index in [1.807, 2.05) is 0 Å². The molecular formula is C11H15BrFN3. The third kappa shape index (κ3) is 2.99. The van der Waals surface area contributed by atoms with Crippen LogP contribution < -0.4 is 0 Å². The lowest BCUT2D eigenvalue weighted by molar-refractivity contribution is 0.145. The Morgan fingerprint density at radius 3 is 2.69 bits per heavy atom. The van der Waals surface area contributed by atoms with Crippen LogP contribution in [0.3, 0.4) is 0 Å². The summed E-state index contributed by atoms with van der Waals surface area (Å²) in [4.78, 5) is 8.63. The van der Waals surface area contributed by atoms with Crippen molar-refractivity contribution in [1.29, 1.82) is 0 Å². The molecule has 0 bridgehead atoms. The fourth-order valence-corrected chi connectivity index (χ4v) is 2.08. The molecule has 88 valence electrons. The van der Waals surface area contributed by atoms with Gasteiger partial charge in [-0.05, 0) is 29.0 Å². The first-order valence-electron chi connectivity index (χ1n) is 5.36. The Morgan fingerprint density at radius 1 is 1.38 bits per heavy atom. The van der Waals surface area contributed by atoms with E-state index in [4.69, 9.17) is 0 Å². The number of halogens is 2. The molecule has 1 aliphatic heterocycles. The number of pyridine rings is 1. The smallest absolute Gasteiger partial charge is 0.147 e. The maximum Gasteiger partial charge on any atom is 0.147 e. The third-order valence-electron chi connectivity index (χ3n) is 2.85. The third-order valence-corrected chi connectivity index (χ3v) is 3.29. The van der Waals surface area contributed by atoms with Gasteiger partial charge in [0.25, 0.3) is 0 Å². The topological polar surface area (TPSA) is 19.4 Å². The van der Waals surface area contributed by atoms with Crippen molar-refractivity contribution >= 4 is 15.9 Å². The van der Waals surface area contributed by atoms with E-state index in [1.165, 1.54) is 6.07 Å². The molecule has 2 heterocycles. The standard InChI is InChI=1S/C11H15BrFN3/c1-15-2-4-16(5-3-15)8-11-10(13)6-9(12)7-14-11/h6-7H,2-5,8H2,1H3. The molecule has 16 heavy (non-hydrogen) atoms. The van der Waals surface area contributed by atoms with Crippen LogP contribution in [-0.4, -0.2) is 48.0 Å². The van der Waals surface area contributed by atoms with Gasteiger partial charge in [-0.1, -0.05) is 0 Å². The number of piperazine rings is 1. The molecule has 0 saturated carbocycles. The molecule has 0 spiro atoms. The molecular weight excluding hydrogens is 273 g/mol. The molecule has 0 aromatic carbocycles. The van der Waals surface area contributed by atoms with Gasteiger partial charge < -0.3 is 4.90 Å². The van der Waals surface area contributed by atoms with Crippen molar-refractivity contribution in [1.82, 2.24) is 14.8 Å². The van der Waals surface area contributed by atoms with Gasteiger partial charge in [0, 0.05) is 43.4 Å². The predicted octanol–water partition coefficient (Wildman–Crippen LogP) is 1.73. The molecule has 1 aromatic rings. The van der Waals surface area contributed by atoms with Gasteiger partial charge in [0.05, 0.1) is 5.69 Å². The Kier molecular flexibility index (Phi) is 3.89. The van der Waals surface area contributed by atoms with E-state index in [9.17, 15) is 4.39 Å². The highest BCUT2D eigenvalue weighted by Gasteiger charge is 2.16. The minimum atomic E-state index is -0.228. The van der Waals surface area contributed by atoms with Gasteiger partial charge in [-0.3, -0.25) is 9.88 Å². The molecule has 2 rings (SSSR count). The molecule has 3 nitrogen and oxygen atoms in total.